The molecule has 4 fully saturated rings. The van der Waals surface area contributed by atoms with Gasteiger partial charge in [0.15, 0.2) is 0 Å². The first kappa shape index (κ1) is 45.6. The van der Waals surface area contributed by atoms with E-state index >= 15 is 0 Å². The maximum atomic E-state index is 11.9. The van der Waals surface area contributed by atoms with Gasteiger partial charge in [-0.3, -0.25) is 14.4 Å². The fourth-order valence-corrected chi connectivity index (χ4v) is 5.71. The molecule has 0 bridgehead atoms. The molecule has 12 nitrogen and oxygen atoms in total. The Balaban J connectivity index is 0.000000335. The minimum absolute atomic E-state index is 0.160. The van der Waals surface area contributed by atoms with Crippen LogP contribution >= 0.6 is 0 Å². The first-order valence-corrected chi connectivity index (χ1v) is 19.3. The highest BCUT2D eigenvalue weighted by molar-refractivity contribution is 5.77. The highest BCUT2D eigenvalue weighted by Gasteiger charge is 2.23. The van der Waals surface area contributed by atoms with Gasteiger partial charge in [0.2, 0.25) is 17.7 Å². The van der Waals surface area contributed by atoms with E-state index in [1.165, 1.54) is 12.8 Å². The van der Waals surface area contributed by atoms with Gasteiger partial charge in [0.25, 0.3) is 0 Å². The molecule has 0 radical (unpaired) electrons. The van der Waals surface area contributed by atoms with E-state index in [1.807, 2.05) is 40.5 Å². The molecular formula is C38H75N7O5. The van der Waals surface area contributed by atoms with Gasteiger partial charge in [0.05, 0.1) is 13.2 Å². The topological polar surface area (TPSA) is 100 Å². The predicted octanol–water partition coefficient (Wildman–Crippen LogP) is 4.05. The predicted molar refractivity (Wildman–Crippen MR) is 203 cm³/mol. The molecule has 0 aromatic rings. The fraction of sp³-hybridized carbons (Fsp3) is 0.895. The summed E-state index contributed by atoms with van der Waals surface area (Å²) in [6.07, 6.45) is 4.48. The summed E-state index contributed by atoms with van der Waals surface area (Å²) in [6.45, 7) is 29.0. The summed E-state index contributed by atoms with van der Waals surface area (Å²) in [7, 11) is 6.06. The third-order valence-corrected chi connectivity index (χ3v) is 9.28. The van der Waals surface area contributed by atoms with Crippen LogP contribution < -0.4 is 0 Å². The van der Waals surface area contributed by atoms with Gasteiger partial charge in [-0.15, -0.1) is 0 Å². The van der Waals surface area contributed by atoms with Crippen LogP contribution in [0.5, 0.6) is 0 Å². The van der Waals surface area contributed by atoms with Crippen LogP contribution in [0.15, 0.2) is 0 Å². The van der Waals surface area contributed by atoms with Gasteiger partial charge < -0.3 is 39.0 Å². The maximum absolute atomic E-state index is 11.9. The van der Waals surface area contributed by atoms with Crippen molar-refractivity contribution in [3.8, 4) is 0 Å². The number of amides is 5. The Morgan fingerprint density at radius 3 is 1.16 bits per heavy atom. The van der Waals surface area contributed by atoms with Crippen LogP contribution in [0.25, 0.3) is 0 Å². The number of morpholine rings is 1. The second kappa shape index (κ2) is 24.7. The molecule has 4 saturated heterocycles. The molecule has 4 rings (SSSR count). The first-order chi connectivity index (χ1) is 23.5. The van der Waals surface area contributed by atoms with Crippen molar-refractivity contribution < 1.29 is 23.9 Å². The van der Waals surface area contributed by atoms with Gasteiger partial charge >= 0.3 is 6.03 Å². The second-order valence-corrected chi connectivity index (χ2v) is 15.8. The fourth-order valence-electron chi connectivity index (χ4n) is 5.71. The lowest BCUT2D eigenvalue weighted by atomic mass is 10.1. The molecule has 4 aliphatic heterocycles. The van der Waals surface area contributed by atoms with Crippen LogP contribution in [0.4, 0.5) is 4.79 Å². The van der Waals surface area contributed by atoms with E-state index in [4.69, 9.17) is 4.74 Å². The lowest BCUT2D eigenvalue weighted by Crippen LogP contribution is -2.52. The average molecular weight is 710 g/mol. The number of urea groups is 1. The third-order valence-electron chi connectivity index (χ3n) is 9.28. The van der Waals surface area contributed by atoms with Gasteiger partial charge in [-0.1, -0.05) is 41.5 Å². The molecule has 12 heteroatoms. The van der Waals surface area contributed by atoms with Gasteiger partial charge in [0.1, 0.15) is 0 Å². The highest BCUT2D eigenvalue weighted by Crippen LogP contribution is 2.12. The van der Waals surface area contributed by atoms with Crippen molar-refractivity contribution in [3.63, 3.8) is 0 Å². The Morgan fingerprint density at radius 1 is 0.500 bits per heavy atom. The van der Waals surface area contributed by atoms with E-state index in [0.29, 0.717) is 55.6 Å². The van der Waals surface area contributed by atoms with Crippen LogP contribution in [0, 0.1) is 17.8 Å². The number of nitrogens with zero attached hydrogens (tertiary/aromatic N) is 7. The molecule has 0 saturated carbocycles. The van der Waals surface area contributed by atoms with Crippen molar-refractivity contribution in [1.29, 1.82) is 0 Å². The molecule has 0 aliphatic carbocycles. The Labute approximate surface area is 305 Å². The van der Waals surface area contributed by atoms with Crippen LogP contribution in [0.1, 0.15) is 87.5 Å². The maximum Gasteiger partial charge on any atom is 0.320 e. The summed E-state index contributed by atoms with van der Waals surface area (Å²) in [6, 6.07) is 0.440. The van der Waals surface area contributed by atoms with Crippen molar-refractivity contribution in [2.75, 3.05) is 113 Å². The number of rotatable bonds is 7. The summed E-state index contributed by atoms with van der Waals surface area (Å²) in [5.41, 5.74) is 0. The normalized spacial score (nSPS) is 18.7. The molecular weight excluding hydrogens is 634 g/mol. The molecule has 0 aromatic heterocycles. The molecule has 0 atom stereocenters. The molecule has 0 aromatic carbocycles. The summed E-state index contributed by atoms with van der Waals surface area (Å²) in [5, 5.41) is 0. The lowest BCUT2D eigenvalue weighted by molar-refractivity contribution is -0.136. The van der Waals surface area contributed by atoms with Crippen molar-refractivity contribution in [1.82, 2.24) is 34.3 Å². The zero-order chi connectivity index (χ0) is 37.8. The number of ether oxygens (including phenoxy) is 1. The molecule has 50 heavy (non-hydrogen) atoms. The molecule has 0 N–H and O–H groups in total. The second-order valence-electron chi connectivity index (χ2n) is 15.8. The van der Waals surface area contributed by atoms with Crippen molar-refractivity contribution in [2.24, 2.45) is 17.8 Å². The molecule has 0 unspecified atom stereocenters. The van der Waals surface area contributed by atoms with E-state index in [0.717, 1.165) is 85.0 Å². The SMILES string of the molecule is CC(C)CC(=O)N1CCCC1.CC(C)CC(=O)N1CCN(C)CC1.CC(C)CC(=O)N1CCOCC1.CC(C)N(C)C(=O)N1CCN(C)CC1. The third kappa shape index (κ3) is 19.2. The van der Waals surface area contributed by atoms with E-state index in [1.54, 1.807) is 4.90 Å². The Bertz CT molecular complexity index is 965. The largest absolute Gasteiger partial charge is 0.378 e. The molecule has 5 amide bonds. The standard InChI is InChI=1S/C10H21N3O.C10H20N2O.C9H17NO2.C9H17NO/c1-9(2)12(4)10(14)13-7-5-11(3)6-8-13;1-9(2)8-10(13)12-6-4-11(3)5-7-12;1-8(2)7-9(11)10-3-5-12-6-4-10;1-8(2)7-9(11)10-5-3-4-6-10/h9H,5-8H2,1-4H3;9H,4-8H2,1-3H3;8H,3-7H2,1-2H3;8H,3-7H2,1-2H3. The number of likely N-dealkylation sites (tertiary alicyclic amines) is 1. The molecule has 292 valence electrons. The van der Waals surface area contributed by atoms with Gasteiger partial charge in [-0.05, 0) is 58.5 Å². The van der Waals surface area contributed by atoms with Crippen molar-refractivity contribution >= 4 is 23.8 Å². The van der Waals surface area contributed by atoms with Gasteiger partial charge in [-0.25, -0.2) is 4.79 Å². The Kier molecular flexibility index (Phi) is 22.5. The van der Waals surface area contributed by atoms with Crippen LogP contribution in [0.2, 0.25) is 0 Å². The van der Waals surface area contributed by atoms with E-state index in [2.05, 4.69) is 65.4 Å². The molecule has 0 spiro atoms. The zero-order valence-corrected chi connectivity index (χ0v) is 33.9. The lowest BCUT2D eigenvalue weighted by Gasteiger charge is -2.36. The summed E-state index contributed by atoms with van der Waals surface area (Å²) < 4.78 is 5.16. The number of hydrogen-bond donors (Lipinski definition) is 0. The summed E-state index contributed by atoms with van der Waals surface area (Å²) in [5.74, 6) is 2.38. The number of likely N-dealkylation sites (N-methyl/N-ethyl adjacent to an activating group) is 2. The quantitative estimate of drug-likeness (QED) is 0.394. The number of carbonyl (C=O) groups is 4. The van der Waals surface area contributed by atoms with Gasteiger partial charge in [-0.2, -0.15) is 0 Å². The minimum Gasteiger partial charge on any atom is -0.378 e. The van der Waals surface area contributed by atoms with Crippen molar-refractivity contribution in [3.05, 3.63) is 0 Å². The first-order valence-electron chi connectivity index (χ1n) is 19.3. The van der Waals surface area contributed by atoms with E-state index in [9.17, 15) is 19.2 Å². The Morgan fingerprint density at radius 2 is 0.820 bits per heavy atom. The van der Waals surface area contributed by atoms with Crippen molar-refractivity contribution in [2.45, 2.75) is 93.5 Å². The number of piperazine rings is 2. The molecule has 4 heterocycles. The van der Waals surface area contributed by atoms with Crippen LogP contribution in [-0.4, -0.2) is 177 Å². The zero-order valence-electron chi connectivity index (χ0n) is 33.9. The average Bonchev–Trinajstić information content (AvgIpc) is 3.61. The van der Waals surface area contributed by atoms with E-state index in [-0.39, 0.29) is 18.0 Å². The molecule has 4 aliphatic rings. The van der Waals surface area contributed by atoms with E-state index < -0.39 is 0 Å². The smallest absolute Gasteiger partial charge is 0.320 e. The highest BCUT2D eigenvalue weighted by atomic mass is 16.5. The summed E-state index contributed by atoms with van der Waals surface area (Å²) in [4.78, 5) is 60.5. The van der Waals surface area contributed by atoms with Crippen LogP contribution in [-0.2, 0) is 19.1 Å². The van der Waals surface area contributed by atoms with Crippen LogP contribution in [0.3, 0.4) is 0 Å². The monoisotopic (exact) mass is 710 g/mol. The van der Waals surface area contributed by atoms with Gasteiger partial charge in [0, 0.05) is 111 Å². The summed E-state index contributed by atoms with van der Waals surface area (Å²) >= 11 is 0. The number of hydrogen-bond acceptors (Lipinski definition) is 7. The number of carbonyl (C=O) groups excluding carboxylic acids is 4. The minimum atomic E-state index is 0.160. The Hall–Kier alpha value is -2.44.